The van der Waals surface area contributed by atoms with Crippen molar-refractivity contribution in [3.63, 3.8) is 0 Å². The summed E-state index contributed by atoms with van der Waals surface area (Å²) in [4.78, 5) is 0. The van der Waals surface area contributed by atoms with Crippen LogP contribution in [0.5, 0.6) is 0 Å². The molecule has 0 spiro atoms. The number of hydrogen-bond acceptors (Lipinski definition) is 0. The van der Waals surface area contributed by atoms with Gasteiger partial charge in [0.2, 0.25) is 0 Å². The summed E-state index contributed by atoms with van der Waals surface area (Å²) in [6.45, 7) is 22.0. The zero-order valence-electron chi connectivity index (χ0n) is 19.8. The molecule has 0 heterocycles. The molecule has 0 nitrogen and oxygen atoms in total. The second-order valence-electron chi connectivity index (χ2n) is 7.98. The summed E-state index contributed by atoms with van der Waals surface area (Å²) in [7, 11) is 0. The van der Waals surface area contributed by atoms with E-state index in [0.717, 1.165) is 0 Å². The molecule has 0 aromatic rings. The summed E-state index contributed by atoms with van der Waals surface area (Å²) < 4.78 is 0. The normalized spacial score (nSPS) is 23.0. The van der Waals surface area contributed by atoms with E-state index in [1.165, 1.54) is 59.2 Å². The second-order valence-corrected chi connectivity index (χ2v) is 11.4. The Bertz CT molecular complexity index is 221. The Morgan fingerprint density at radius 1 is 0.346 bits per heavy atom. The number of hydrogen-bond donors (Lipinski definition) is 0. The van der Waals surface area contributed by atoms with Crippen LogP contribution >= 0.6 is 0 Å². The van der Waals surface area contributed by atoms with Gasteiger partial charge in [-0.2, -0.15) is 0 Å². The van der Waals surface area contributed by atoms with Crippen molar-refractivity contribution in [2.75, 3.05) is 0 Å². The van der Waals surface area contributed by atoms with Crippen molar-refractivity contribution in [3.05, 3.63) is 66.6 Å². The van der Waals surface area contributed by atoms with E-state index in [1.54, 1.807) is 0 Å². The molecule has 0 aliphatic heterocycles. The van der Waals surface area contributed by atoms with Crippen LogP contribution < -0.4 is 0 Å². The Morgan fingerprint density at radius 3 is 0.423 bits per heavy atom. The predicted molar refractivity (Wildman–Crippen MR) is 119 cm³/mol. The summed E-state index contributed by atoms with van der Waals surface area (Å²) >= 11 is -0.139. The third-order valence-electron chi connectivity index (χ3n) is 5.62. The summed E-state index contributed by atoms with van der Waals surface area (Å²) in [5.41, 5.74) is 0. The molecule has 0 bridgehead atoms. The van der Waals surface area contributed by atoms with Gasteiger partial charge in [0.05, 0.1) is 0 Å². The molecule has 2 heteroatoms. The van der Waals surface area contributed by atoms with Crippen molar-refractivity contribution in [2.24, 2.45) is 0 Å². The molecule has 0 atom stereocenters. The van der Waals surface area contributed by atoms with Crippen LogP contribution in [0.4, 0.5) is 0 Å². The summed E-state index contributed by atoms with van der Waals surface area (Å²) in [6.07, 6.45) is 0. The zero-order chi connectivity index (χ0) is 19.4. The van der Waals surface area contributed by atoms with E-state index < -0.39 is 0 Å². The van der Waals surface area contributed by atoms with Gasteiger partial charge in [0, 0.05) is 36.9 Å². The zero-order valence-corrected chi connectivity index (χ0v) is 22.6. The molecule has 0 N–H and O–H groups in total. The van der Waals surface area contributed by atoms with Crippen LogP contribution in [0, 0.1) is 103 Å². The van der Waals surface area contributed by atoms with Crippen molar-refractivity contribution in [2.45, 2.75) is 86.6 Å². The van der Waals surface area contributed by atoms with Gasteiger partial charge in [0.1, 0.15) is 0 Å². The van der Waals surface area contributed by atoms with Crippen molar-refractivity contribution in [1.82, 2.24) is 0 Å². The SMILES string of the molecule is C[C]1[C](C)[C](C)[C](C)[C]1C.C[C]1[C](C)[C](C)[C](C)[C]1C.[CH3-].[CH3][Al]([CH3])[CH3].[Lu]. The van der Waals surface area contributed by atoms with Crippen LogP contribution in [-0.4, -0.2) is 14.1 Å². The van der Waals surface area contributed by atoms with Crippen molar-refractivity contribution in [3.8, 4) is 0 Å². The molecule has 26 heavy (non-hydrogen) atoms. The minimum atomic E-state index is -0.139. The van der Waals surface area contributed by atoms with Crippen LogP contribution in [0.25, 0.3) is 0 Å². The Labute approximate surface area is 202 Å². The molecule has 157 valence electrons. The largest absolute Gasteiger partial charge is 0.358 e. The van der Waals surface area contributed by atoms with E-state index in [2.05, 4.69) is 86.6 Å². The van der Waals surface area contributed by atoms with Crippen molar-refractivity contribution in [1.29, 1.82) is 0 Å². The van der Waals surface area contributed by atoms with Crippen molar-refractivity contribution >= 4 is 14.1 Å². The Balaban J connectivity index is -0.000000319. The van der Waals surface area contributed by atoms with Crippen LogP contribution in [0.15, 0.2) is 0 Å². The first kappa shape index (κ1) is 32.4. The first-order chi connectivity index (χ1) is 10.8. The average molecular weight is 533 g/mol. The molecule has 2 fully saturated rings. The maximum Gasteiger partial charge on any atom is 0.251 e. The molecule has 2 saturated carbocycles. The standard InChI is InChI=1S/2C10H15.4CH3.Al.Lu/c2*1-6-7(2)9(4)10(5)8(6)3;;;;;;/h2*1-5H3;4*1H3;;/q;;;;;-1;;. The Hall–Kier alpha value is 1.77. The van der Waals surface area contributed by atoms with E-state index in [1.807, 2.05) is 0 Å². The van der Waals surface area contributed by atoms with Crippen LogP contribution in [0.3, 0.4) is 0 Å². The van der Waals surface area contributed by atoms with Crippen LogP contribution in [0.2, 0.25) is 17.4 Å². The fraction of sp³-hybridized carbons (Fsp3) is 0.542. The fourth-order valence-electron chi connectivity index (χ4n) is 2.81. The average Bonchev–Trinajstić information content (AvgIpc) is 2.78. The molecule has 0 amide bonds. The van der Waals surface area contributed by atoms with Crippen LogP contribution in [0.1, 0.15) is 69.2 Å². The maximum absolute atomic E-state index is 2.31. The molecule has 2 rings (SSSR count). The van der Waals surface area contributed by atoms with Gasteiger partial charge < -0.3 is 7.43 Å². The van der Waals surface area contributed by atoms with Gasteiger partial charge in [-0.15, -0.1) is 17.4 Å². The van der Waals surface area contributed by atoms with Gasteiger partial charge >= 0.3 is 0 Å². The minimum absolute atomic E-state index is 0. The van der Waals surface area contributed by atoms with E-state index in [9.17, 15) is 0 Å². The van der Waals surface area contributed by atoms with Gasteiger partial charge in [-0.1, -0.05) is 69.2 Å². The molecule has 2 aliphatic carbocycles. The van der Waals surface area contributed by atoms with E-state index >= 15 is 0 Å². The predicted octanol–water partition coefficient (Wildman–Crippen LogP) is 7.76. The quantitative estimate of drug-likeness (QED) is 0.221. The topological polar surface area (TPSA) is 0 Å². The fourth-order valence-corrected chi connectivity index (χ4v) is 2.81. The van der Waals surface area contributed by atoms with Gasteiger partial charge in [-0.05, 0) is 59.2 Å². The first-order valence-electron chi connectivity index (χ1n) is 9.23. The third kappa shape index (κ3) is 9.06. The van der Waals surface area contributed by atoms with Gasteiger partial charge in [-0.3, -0.25) is 0 Å². The summed E-state index contributed by atoms with van der Waals surface area (Å²) in [6, 6.07) is 0. The smallest absolute Gasteiger partial charge is 0.251 e. The van der Waals surface area contributed by atoms with Gasteiger partial charge in [-0.25, -0.2) is 0 Å². The molecule has 0 unspecified atom stereocenters. The Morgan fingerprint density at radius 2 is 0.385 bits per heavy atom. The minimum Gasteiger partial charge on any atom is -0.358 e. The molecule has 0 saturated heterocycles. The summed E-state index contributed by atoms with van der Waals surface area (Å²) in [5.74, 6) is 21.6. The molecule has 0 aromatic carbocycles. The van der Waals surface area contributed by atoms with E-state index in [0.29, 0.717) is 0 Å². The molecular formula is C24H42AlLu-. The van der Waals surface area contributed by atoms with Gasteiger partial charge in [0.25, 0.3) is 14.1 Å². The molecule has 2 aliphatic rings. The van der Waals surface area contributed by atoms with Crippen LogP contribution in [-0.2, 0) is 0 Å². The summed E-state index contributed by atoms with van der Waals surface area (Å²) in [5, 5.41) is 0. The molecular weight excluding hydrogens is 490 g/mol. The molecule has 11 radical (unpaired) electrons. The number of rotatable bonds is 0. The van der Waals surface area contributed by atoms with E-state index in [4.69, 9.17) is 0 Å². The monoisotopic (exact) mass is 532 g/mol. The second kappa shape index (κ2) is 14.7. The Kier molecular flexibility index (Phi) is 18.3. The molecule has 0 aromatic heterocycles. The third-order valence-corrected chi connectivity index (χ3v) is 5.62. The van der Waals surface area contributed by atoms with Gasteiger partial charge in [0.15, 0.2) is 0 Å². The van der Waals surface area contributed by atoms with Crippen molar-refractivity contribution < 1.29 is 36.9 Å². The van der Waals surface area contributed by atoms with E-state index in [-0.39, 0.29) is 58.5 Å². The maximum atomic E-state index is 2.31. The first-order valence-corrected chi connectivity index (χ1v) is 12.7.